The predicted molar refractivity (Wildman–Crippen MR) is 113 cm³/mol. The van der Waals surface area contributed by atoms with Crippen molar-refractivity contribution in [2.45, 2.75) is 13.0 Å². The number of benzene rings is 2. The molecule has 3 rings (SSSR count). The van der Waals surface area contributed by atoms with Crippen molar-refractivity contribution in [2.24, 2.45) is 5.73 Å². The van der Waals surface area contributed by atoms with Crippen LogP contribution in [0.5, 0.6) is 5.75 Å². The van der Waals surface area contributed by atoms with Crippen LogP contribution in [-0.2, 0) is 4.79 Å². The first-order chi connectivity index (χ1) is 14.0. The van der Waals surface area contributed by atoms with Crippen LogP contribution in [0.3, 0.4) is 0 Å². The van der Waals surface area contributed by atoms with E-state index in [4.69, 9.17) is 10.5 Å². The molecule has 0 radical (unpaired) electrons. The van der Waals surface area contributed by atoms with Gasteiger partial charge in [0.25, 0.3) is 0 Å². The van der Waals surface area contributed by atoms with Gasteiger partial charge < -0.3 is 15.8 Å². The quantitative estimate of drug-likeness (QED) is 0.711. The molecule has 29 heavy (non-hydrogen) atoms. The van der Waals surface area contributed by atoms with Crippen LogP contribution in [0.4, 0.5) is 5.69 Å². The molecule has 0 aromatic heterocycles. The Morgan fingerprint density at radius 3 is 2.31 bits per heavy atom. The summed E-state index contributed by atoms with van der Waals surface area (Å²) >= 11 is 0. The first-order valence-corrected chi connectivity index (χ1v) is 9.88. The molecule has 0 saturated carbocycles. The number of carbonyl (C=O) groups excluding carboxylic acids is 2. The number of nitrogens with zero attached hydrogens (tertiary/aromatic N) is 2. The number of amides is 2. The average molecular weight is 396 g/mol. The summed E-state index contributed by atoms with van der Waals surface area (Å²) in [5, 5.41) is 2.90. The van der Waals surface area contributed by atoms with Gasteiger partial charge in [-0.05, 0) is 43.3 Å². The molecule has 7 nitrogen and oxygen atoms in total. The summed E-state index contributed by atoms with van der Waals surface area (Å²) < 4.78 is 5.76. The zero-order valence-corrected chi connectivity index (χ0v) is 16.7. The lowest BCUT2D eigenvalue weighted by Gasteiger charge is -2.37. The molecule has 1 aliphatic heterocycles. The van der Waals surface area contributed by atoms with Crippen molar-refractivity contribution in [1.82, 2.24) is 9.80 Å². The van der Waals surface area contributed by atoms with E-state index in [9.17, 15) is 9.59 Å². The molecule has 1 atom stereocenters. The molecule has 0 spiro atoms. The first-order valence-electron chi connectivity index (χ1n) is 9.88. The fraction of sp³-hybridized carbons (Fsp3) is 0.364. The van der Waals surface area contributed by atoms with Gasteiger partial charge in [0.1, 0.15) is 12.4 Å². The highest BCUT2D eigenvalue weighted by atomic mass is 16.5. The number of rotatable bonds is 8. The van der Waals surface area contributed by atoms with E-state index in [1.807, 2.05) is 37.3 Å². The Balaban J connectivity index is 1.40. The molecule has 2 amide bonds. The van der Waals surface area contributed by atoms with Gasteiger partial charge in [-0.3, -0.25) is 19.4 Å². The lowest BCUT2D eigenvalue weighted by molar-refractivity contribution is -0.121. The Bertz CT molecular complexity index is 803. The fourth-order valence-corrected chi connectivity index (χ4v) is 3.31. The molecule has 1 heterocycles. The van der Waals surface area contributed by atoms with Crippen molar-refractivity contribution >= 4 is 17.5 Å². The van der Waals surface area contributed by atoms with Crippen LogP contribution in [0.15, 0.2) is 54.6 Å². The highest BCUT2D eigenvalue weighted by molar-refractivity contribution is 5.96. The molecular weight excluding hydrogens is 368 g/mol. The third-order valence-electron chi connectivity index (χ3n) is 5.19. The number of anilines is 1. The van der Waals surface area contributed by atoms with Crippen LogP contribution in [0.2, 0.25) is 0 Å². The van der Waals surface area contributed by atoms with Crippen molar-refractivity contribution < 1.29 is 14.3 Å². The van der Waals surface area contributed by atoms with Crippen molar-refractivity contribution in [2.75, 3.05) is 44.6 Å². The minimum absolute atomic E-state index is 0.0577. The maximum atomic E-state index is 12.6. The molecule has 3 N–H and O–H groups in total. The summed E-state index contributed by atoms with van der Waals surface area (Å²) in [6.45, 7) is 6.92. The van der Waals surface area contributed by atoms with Gasteiger partial charge in [0.05, 0.1) is 6.04 Å². The molecule has 2 aromatic carbocycles. The van der Waals surface area contributed by atoms with Crippen LogP contribution in [0.25, 0.3) is 0 Å². The molecule has 1 saturated heterocycles. The van der Waals surface area contributed by atoms with Crippen LogP contribution in [0, 0.1) is 0 Å². The second-order valence-electron chi connectivity index (χ2n) is 7.15. The summed E-state index contributed by atoms with van der Waals surface area (Å²) in [7, 11) is 0. The normalized spacial score (nSPS) is 16.2. The number of nitrogens with one attached hydrogen (secondary N) is 1. The standard InChI is InChI=1S/C22H28N4O3/c1-17(22(28)24-19-9-7-18(8-10-19)21(23)27)26-13-11-25(12-14-26)15-16-29-20-5-3-2-4-6-20/h2-10,17H,11-16H2,1H3,(H2,23,27)(H,24,28)/t17-/m0/s1. The molecule has 1 aliphatic rings. The van der Waals surface area contributed by atoms with E-state index in [0.717, 1.165) is 38.5 Å². The van der Waals surface area contributed by atoms with E-state index >= 15 is 0 Å². The van der Waals surface area contributed by atoms with Crippen molar-refractivity contribution in [3.63, 3.8) is 0 Å². The third kappa shape index (κ3) is 6.04. The van der Waals surface area contributed by atoms with Gasteiger partial charge in [-0.2, -0.15) is 0 Å². The highest BCUT2D eigenvalue weighted by Crippen LogP contribution is 2.13. The summed E-state index contributed by atoms with van der Waals surface area (Å²) in [4.78, 5) is 28.2. The number of piperazine rings is 1. The predicted octanol–water partition coefficient (Wildman–Crippen LogP) is 1.81. The van der Waals surface area contributed by atoms with Gasteiger partial charge in [-0.25, -0.2) is 0 Å². The largest absolute Gasteiger partial charge is 0.492 e. The van der Waals surface area contributed by atoms with Gasteiger partial charge in [-0.1, -0.05) is 18.2 Å². The molecule has 1 fully saturated rings. The van der Waals surface area contributed by atoms with E-state index in [1.54, 1.807) is 24.3 Å². The van der Waals surface area contributed by atoms with Crippen LogP contribution in [0.1, 0.15) is 17.3 Å². The van der Waals surface area contributed by atoms with Crippen molar-refractivity contribution in [3.8, 4) is 5.75 Å². The smallest absolute Gasteiger partial charge is 0.248 e. The minimum atomic E-state index is -0.483. The summed E-state index contributed by atoms with van der Waals surface area (Å²) in [6, 6.07) is 16.2. The zero-order valence-electron chi connectivity index (χ0n) is 16.7. The van der Waals surface area contributed by atoms with E-state index in [-0.39, 0.29) is 11.9 Å². The van der Waals surface area contributed by atoms with E-state index in [2.05, 4.69) is 15.1 Å². The van der Waals surface area contributed by atoms with Crippen molar-refractivity contribution in [3.05, 3.63) is 60.2 Å². The lowest BCUT2D eigenvalue weighted by atomic mass is 10.1. The van der Waals surface area contributed by atoms with Crippen LogP contribution < -0.4 is 15.8 Å². The Morgan fingerprint density at radius 2 is 1.69 bits per heavy atom. The SMILES string of the molecule is C[C@@H](C(=O)Nc1ccc(C(N)=O)cc1)N1CCN(CCOc2ccccc2)CC1. The van der Waals surface area contributed by atoms with Crippen molar-refractivity contribution in [1.29, 1.82) is 0 Å². The van der Waals surface area contributed by atoms with Crippen LogP contribution >= 0.6 is 0 Å². The average Bonchev–Trinajstić information content (AvgIpc) is 2.75. The van der Waals surface area contributed by atoms with Crippen LogP contribution in [-0.4, -0.2) is 67.0 Å². The lowest BCUT2D eigenvalue weighted by Crippen LogP contribution is -2.53. The van der Waals surface area contributed by atoms with Gasteiger partial charge in [0.2, 0.25) is 11.8 Å². The maximum absolute atomic E-state index is 12.6. The maximum Gasteiger partial charge on any atom is 0.248 e. The molecule has 7 heteroatoms. The van der Waals surface area contributed by atoms with Gasteiger partial charge in [0, 0.05) is 44.0 Å². The van der Waals surface area contributed by atoms with E-state index in [0.29, 0.717) is 17.9 Å². The number of ether oxygens (including phenoxy) is 1. The fourth-order valence-electron chi connectivity index (χ4n) is 3.31. The van der Waals surface area contributed by atoms with E-state index < -0.39 is 5.91 Å². The Kier molecular flexibility index (Phi) is 7.21. The summed E-state index contributed by atoms with van der Waals surface area (Å²) in [5.74, 6) is 0.348. The summed E-state index contributed by atoms with van der Waals surface area (Å²) in [6.07, 6.45) is 0. The molecular formula is C22H28N4O3. The molecule has 154 valence electrons. The third-order valence-corrected chi connectivity index (χ3v) is 5.19. The highest BCUT2D eigenvalue weighted by Gasteiger charge is 2.25. The Hall–Kier alpha value is -2.90. The topological polar surface area (TPSA) is 87.9 Å². The Morgan fingerprint density at radius 1 is 1.03 bits per heavy atom. The second-order valence-corrected chi connectivity index (χ2v) is 7.15. The van der Waals surface area contributed by atoms with E-state index in [1.165, 1.54) is 0 Å². The molecule has 0 aliphatic carbocycles. The number of para-hydroxylation sites is 1. The number of carbonyl (C=O) groups is 2. The monoisotopic (exact) mass is 396 g/mol. The number of nitrogens with two attached hydrogens (primary N) is 1. The Labute approximate surface area is 171 Å². The molecule has 2 aromatic rings. The van der Waals surface area contributed by atoms with Gasteiger partial charge in [0.15, 0.2) is 0 Å². The minimum Gasteiger partial charge on any atom is -0.492 e. The number of hydrogen-bond donors (Lipinski definition) is 2. The van der Waals surface area contributed by atoms with Gasteiger partial charge in [-0.15, -0.1) is 0 Å². The molecule has 0 unspecified atom stereocenters. The first kappa shape index (κ1) is 20.8. The number of hydrogen-bond acceptors (Lipinski definition) is 5. The number of primary amides is 1. The summed E-state index contributed by atoms with van der Waals surface area (Å²) in [5.41, 5.74) is 6.31. The zero-order chi connectivity index (χ0) is 20.6. The van der Waals surface area contributed by atoms with Gasteiger partial charge >= 0.3 is 0 Å². The molecule has 0 bridgehead atoms. The second kappa shape index (κ2) is 10.0.